The molecule has 27 heavy (non-hydrogen) atoms. The number of nitrogens with one attached hydrogen (secondary N) is 1. The van der Waals surface area contributed by atoms with Gasteiger partial charge in [-0.05, 0) is 40.9 Å². The number of rotatable bonds is 6. The Morgan fingerprint density at radius 3 is 2.59 bits per heavy atom. The molecule has 9 nitrogen and oxygen atoms in total. The fourth-order valence-corrected chi connectivity index (χ4v) is 5.03. The largest absolute Gasteiger partial charge is 0.339 e. The summed E-state index contributed by atoms with van der Waals surface area (Å²) >= 11 is 3.30. The van der Waals surface area contributed by atoms with E-state index < -0.39 is 10.0 Å². The van der Waals surface area contributed by atoms with Gasteiger partial charge in [-0.25, -0.2) is 17.9 Å². The number of hydrogen-bond acceptors (Lipinski definition) is 6. The highest BCUT2D eigenvalue weighted by atomic mass is 79.9. The van der Waals surface area contributed by atoms with Crippen LogP contribution in [0.3, 0.4) is 0 Å². The van der Waals surface area contributed by atoms with Crippen LogP contribution >= 0.6 is 15.9 Å². The molecule has 1 N–H and O–H groups in total. The van der Waals surface area contributed by atoms with Gasteiger partial charge in [0.1, 0.15) is 0 Å². The molecule has 1 aliphatic carbocycles. The zero-order valence-electron chi connectivity index (χ0n) is 14.8. The van der Waals surface area contributed by atoms with E-state index in [0.717, 1.165) is 12.8 Å². The Balaban J connectivity index is 1.54. The van der Waals surface area contributed by atoms with E-state index >= 15 is 0 Å². The van der Waals surface area contributed by atoms with Crippen molar-refractivity contribution in [1.29, 1.82) is 0 Å². The summed E-state index contributed by atoms with van der Waals surface area (Å²) in [5, 5.41) is 3.91. The van der Waals surface area contributed by atoms with Crippen molar-refractivity contribution < 1.29 is 12.9 Å². The van der Waals surface area contributed by atoms with E-state index in [4.69, 9.17) is 4.52 Å². The third-order valence-electron chi connectivity index (χ3n) is 4.67. The molecule has 0 spiro atoms. The zero-order valence-corrected chi connectivity index (χ0v) is 17.2. The summed E-state index contributed by atoms with van der Waals surface area (Å²) in [6.45, 7) is 0.132. The SMILES string of the molecule is Cn1c(=O)n(C)c2cc(S(=O)(=O)NCCc3nc(C4CC4)no3)c(Br)cc21. The highest BCUT2D eigenvalue weighted by Gasteiger charge is 2.28. The Labute approximate surface area is 163 Å². The van der Waals surface area contributed by atoms with Crippen molar-refractivity contribution in [2.24, 2.45) is 14.1 Å². The molecule has 2 heterocycles. The molecule has 0 bridgehead atoms. The molecular weight excluding hydrogens is 438 g/mol. The van der Waals surface area contributed by atoms with Crippen LogP contribution in [0.15, 0.2) is 30.8 Å². The lowest BCUT2D eigenvalue weighted by Gasteiger charge is -2.09. The van der Waals surface area contributed by atoms with Crippen LogP contribution in [0.1, 0.15) is 30.5 Å². The van der Waals surface area contributed by atoms with Gasteiger partial charge in [0.25, 0.3) is 0 Å². The molecule has 4 rings (SSSR count). The number of nitrogens with zero attached hydrogens (tertiary/aromatic N) is 4. The quantitative estimate of drug-likeness (QED) is 0.601. The van der Waals surface area contributed by atoms with E-state index in [0.29, 0.717) is 39.6 Å². The van der Waals surface area contributed by atoms with Gasteiger partial charge < -0.3 is 4.52 Å². The van der Waals surface area contributed by atoms with Crippen LogP contribution in [0.5, 0.6) is 0 Å². The second-order valence-electron chi connectivity index (χ2n) is 6.64. The molecule has 0 aliphatic heterocycles. The smallest absolute Gasteiger partial charge is 0.328 e. The normalized spacial score (nSPS) is 14.9. The summed E-state index contributed by atoms with van der Waals surface area (Å²) in [4.78, 5) is 16.4. The lowest BCUT2D eigenvalue weighted by atomic mass is 10.3. The number of sulfonamides is 1. The monoisotopic (exact) mass is 455 g/mol. The van der Waals surface area contributed by atoms with Crippen molar-refractivity contribution in [3.63, 3.8) is 0 Å². The van der Waals surface area contributed by atoms with Gasteiger partial charge in [0, 0.05) is 37.5 Å². The summed E-state index contributed by atoms with van der Waals surface area (Å²) < 4.78 is 36.4. The third-order valence-corrected chi connectivity index (χ3v) is 7.09. The molecule has 1 aromatic carbocycles. The van der Waals surface area contributed by atoms with Crippen LogP contribution in [0.2, 0.25) is 0 Å². The number of benzene rings is 1. The highest BCUT2D eigenvalue weighted by molar-refractivity contribution is 9.10. The Hall–Kier alpha value is -1.98. The van der Waals surface area contributed by atoms with Gasteiger partial charge in [0.05, 0.1) is 15.9 Å². The van der Waals surface area contributed by atoms with Crippen molar-refractivity contribution in [3.8, 4) is 0 Å². The fraction of sp³-hybridized carbons (Fsp3) is 0.438. The number of halogens is 1. The average molecular weight is 456 g/mol. The topological polar surface area (TPSA) is 112 Å². The molecule has 1 aliphatic rings. The first-order valence-corrected chi connectivity index (χ1v) is 10.7. The van der Waals surface area contributed by atoms with E-state index in [-0.39, 0.29) is 17.1 Å². The second-order valence-corrected chi connectivity index (χ2v) is 9.23. The molecule has 1 fully saturated rings. The molecule has 0 atom stereocenters. The highest BCUT2D eigenvalue weighted by Crippen LogP contribution is 2.38. The summed E-state index contributed by atoms with van der Waals surface area (Å²) in [6.07, 6.45) is 2.46. The van der Waals surface area contributed by atoms with Crippen LogP contribution in [0.25, 0.3) is 11.0 Å². The van der Waals surface area contributed by atoms with E-state index in [1.54, 1.807) is 20.2 Å². The number of imidazole rings is 1. The maximum absolute atomic E-state index is 12.7. The molecular formula is C16H18BrN5O4S. The van der Waals surface area contributed by atoms with E-state index in [2.05, 4.69) is 30.8 Å². The summed E-state index contributed by atoms with van der Waals surface area (Å²) in [6, 6.07) is 3.12. The zero-order chi connectivity index (χ0) is 19.3. The molecule has 3 aromatic rings. The third kappa shape index (κ3) is 3.34. The van der Waals surface area contributed by atoms with Crippen LogP contribution in [-0.2, 0) is 30.5 Å². The number of fused-ring (bicyclic) bond motifs is 1. The molecule has 144 valence electrons. The summed E-state index contributed by atoms with van der Waals surface area (Å²) in [7, 11) is -0.532. The van der Waals surface area contributed by atoms with E-state index in [9.17, 15) is 13.2 Å². The maximum atomic E-state index is 12.7. The van der Waals surface area contributed by atoms with Crippen molar-refractivity contribution in [3.05, 3.63) is 38.8 Å². The van der Waals surface area contributed by atoms with Gasteiger partial charge in [0.15, 0.2) is 5.82 Å². The van der Waals surface area contributed by atoms with Gasteiger partial charge in [-0.1, -0.05) is 5.16 Å². The van der Waals surface area contributed by atoms with Crippen LogP contribution < -0.4 is 10.4 Å². The lowest BCUT2D eigenvalue weighted by Crippen LogP contribution is -2.26. The van der Waals surface area contributed by atoms with Crippen molar-refractivity contribution >= 4 is 37.0 Å². The minimum atomic E-state index is -3.78. The van der Waals surface area contributed by atoms with Crippen LogP contribution in [-0.4, -0.2) is 34.2 Å². The molecule has 0 radical (unpaired) electrons. The first-order valence-electron chi connectivity index (χ1n) is 8.45. The van der Waals surface area contributed by atoms with Gasteiger partial charge in [-0.15, -0.1) is 0 Å². The summed E-state index contributed by atoms with van der Waals surface area (Å²) in [5.74, 6) is 1.50. The Morgan fingerprint density at radius 1 is 1.26 bits per heavy atom. The fourth-order valence-electron chi connectivity index (χ4n) is 2.95. The van der Waals surface area contributed by atoms with E-state index in [1.165, 1.54) is 15.2 Å². The predicted octanol–water partition coefficient (Wildman–Crippen LogP) is 1.42. The van der Waals surface area contributed by atoms with Crippen LogP contribution in [0, 0.1) is 0 Å². The molecule has 2 aromatic heterocycles. The molecule has 0 saturated heterocycles. The van der Waals surface area contributed by atoms with Gasteiger partial charge >= 0.3 is 5.69 Å². The average Bonchev–Trinajstić information content (AvgIpc) is 3.34. The second kappa shape index (κ2) is 6.57. The van der Waals surface area contributed by atoms with Gasteiger partial charge in [-0.2, -0.15) is 4.98 Å². The summed E-state index contributed by atoms with van der Waals surface area (Å²) in [5.41, 5.74) is 0.964. The minimum absolute atomic E-state index is 0.0698. The Bertz CT molecular complexity index is 1190. The Morgan fingerprint density at radius 2 is 1.93 bits per heavy atom. The molecule has 0 unspecified atom stereocenters. The minimum Gasteiger partial charge on any atom is -0.339 e. The first kappa shape index (κ1) is 18.4. The van der Waals surface area contributed by atoms with Crippen molar-refractivity contribution in [1.82, 2.24) is 24.0 Å². The van der Waals surface area contributed by atoms with Crippen molar-refractivity contribution in [2.75, 3.05) is 6.54 Å². The number of hydrogen-bond donors (Lipinski definition) is 1. The predicted molar refractivity (Wildman–Crippen MR) is 101 cm³/mol. The van der Waals surface area contributed by atoms with Crippen molar-refractivity contribution in [2.45, 2.75) is 30.1 Å². The van der Waals surface area contributed by atoms with Gasteiger partial charge in [0.2, 0.25) is 15.9 Å². The Kier molecular flexibility index (Phi) is 4.47. The van der Waals surface area contributed by atoms with Crippen LogP contribution in [0.4, 0.5) is 0 Å². The maximum Gasteiger partial charge on any atom is 0.328 e. The number of aromatic nitrogens is 4. The lowest BCUT2D eigenvalue weighted by molar-refractivity contribution is 0.373. The van der Waals surface area contributed by atoms with E-state index in [1.807, 2.05) is 0 Å². The standard InChI is InChI=1S/C16H18BrN5O4S/c1-21-11-7-10(17)13(8-12(11)22(2)16(21)23)27(24,25)18-6-5-14-19-15(20-26-14)9-3-4-9/h7-9,18H,3-6H2,1-2H3. The van der Waals surface area contributed by atoms with Gasteiger partial charge in [-0.3, -0.25) is 9.13 Å². The first-order chi connectivity index (χ1) is 12.8. The molecule has 11 heteroatoms. The molecule has 0 amide bonds. The number of aryl methyl sites for hydroxylation is 2. The molecule has 1 saturated carbocycles.